The molecule has 0 N–H and O–H groups in total. The molecule has 0 amide bonds. The van der Waals surface area contributed by atoms with Gasteiger partial charge in [-0.05, 0) is 48.9 Å². The number of aromatic nitrogens is 4. The third-order valence-corrected chi connectivity index (χ3v) is 10.6. The van der Waals surface area contributed by atoms with Crippen molar-refractivity contribution in [1.29, 1.82) is 0 Å². The van der Waals surface area contributed by atoms with Crippen LogP contribution in [0.5, 0.6) is 0 Å². The van der Waals surface area contributed by atoms with Crippen molar-refractivity contribution in [3.8, 4) is 56.4 Å². The standard InChI is InChI=1S/C49H42N4/c1-3-49(4-2,41-29-25-37(26-30-41)45-33-43(35-17-9-5-10-18-35)50-47(52-45)39-21-13-7-14-22-39)42-31-27-38(28-32-42)46-34-44(36-19-11-6-12-20-36)51-48(53-46)40-23-15-8-16-24-40/h5-7,9-15,17-34H,3-4,8,16H2,1-2H3. The topological polar surface area (TPSA) is 51.6 Å². The van der Waals surface area contributed by atoms with Crippen LogP contribution in [0.25, 0.3) is 62.0 Å². The second kappa shape index (κ2) is 15.1. The van der Waals surface area contributed by atoms with E-state index in [1.165, 1.54) is 11.1 Å². The molecule has 4 heteroatoms. The normalized spacial score (nSPS) is 12.8. The monoisotopic (exact) mass is 686 g/mol. The molecule has 0 radical (unpaired) electrons. The summed E-state index contributed by atoms with van der Waals surface area (Å²) in [4.78, 5) is 20.1. The maximum atomic E-state index is 5.09. The van der Waals surface area contributed by atoms with Gasteiger partial charge in [0.05, 0.1) is 22.8 Å². The molecule has 1 aliphatic rings. The van der Waals surface area contributed by atoms with Crippen LogP contribution in [-0.2, 0) is 5.41 Å². The Hall–Kier alpha value is -6.26. The van der Waals surface area contributed by atoms with Crippen LogP contribution < -0.4 is 0 Å². The SMILES string of the molecule is CCC(CC)(c1ccc(-c2cc(-c3ccccc3)nc(C3=CCCC=C3)n2)cc1)c1ccc(-c2cc(-c3ccccc3)nc(-c3ccccc3)n2)cc1. The van der Waals surface area contributed by atoms with Crippen molar-refractivity contribution in [3.05, 3.63) is 187 Å². The van der Waals surface area contributed by atoms with E-state index in [0.717, 1.165) is 93.5 Å². The van der Waals surface area contributed by atoms with E-state index in [9.17, 15) is 0 Å². The van der Waals surface area contributed by atoms with Gasteiger partial charge in [0.25, 0.3) is 0 Å². The zero-order chi connectivity index (χ0) is 36.0. The molecule has 0 saturated heterocycles. The molecule has 53 heavy (non-hydrogen) atoms. The number of nitrogens with zero attached hydrogens (tertiary/aromatic N) is 4. The highest BCUT2D eigenvalue weighted by Crippen LogP contribution is 2.41. The molecule has 4 nitrogen and oxygen atoms in total. The maximum Gasteiger partial charge on any atom is 0.160 e. The second-order valence-electron chi connectivity index (χ2n) is 13.6. The molecule has 258 valence electrons. The molecule has 0 atom stereocenters. The third-order valence-electron chi connectivity index (χ3n) is 10.6. The summed E-state index contributed by atoms with van der Waals surface area (Å²) in [5, 5.41) is 0. The number of rotatable bonds is 10. The molecule has 0 fully saturated rings. The van der Waals surface area contributed by atoms with Crippen LogP contribution in [0.3, 0.4) is 0 Å². The predicted octanol–water partition coefficient (Wildman–Crippen LogP) is 12.4. The molecule has 0 spiro atoms. The molecular formula is C49H42N4. The Morgan fingerprint density at radius 3 is 1.23 bits per heavy atom. The molecule has 7 aromatic rings. The average molecular weight is 687 g/mol. The van der Waals surface area contributed by atoms with Crippen molar-refractivity contribution in [1.82, 2.24) is 19.9 Å². The van der Waals surface area contributed by atoms with E-state index >= 15 is 0 Å². The lowest BCUT2D eigenvalue weighted by molar-refractivity contribution is 0.478. The summed E-state index contributed by atoms with van der Waals surface area (Å²) in [6, 6.07) is 53.2. The Bertz CT molecular complexity index is 2320. The molecule has 0 saturated carbocycles. The minimum Gasteiger partial charge on any atom is -0.228 e. The fraction of sp³-hybridized carbons (Fsp3) is 0.143. The first kappa shape index (κ1) is 33.9. The minimum atomic E-state index is -0.142. The Labute approximate surface area is 312 Å². The Morgan fingerprint density at radius 1 is 0.434 bits per heavy atom. The Morgan fingerprint density at radius 2 is 0.830 bits per heavy atom. The summed E-state index contributed by atoms with van der Waals surface area (Å²) in [6.45, 7) is 4.59. The molecule has 0 bridgehead atoms. The fourth-order valence-corrected chi connectivity index (χ4v) is 7.48. The lowest BCUT2D eigenvalue weighted by atomic mass is 9.70. The van der Waals surface area contributed by atoms with Gasteiger partial charge >= 0.3 is 0 Å². The van der Waals surface area contributed by atoms with E-state index in [0.29, 0.717) is 0 Å². The molecule has 8 rings (SSSR count). The zero-order valence-corrected chi connectivity index (χ0v) is 30.3. The van der Waals surface area contributed by atoms with Crippen molar-refractivity contribution in [2.24, 2.45) is 0 Å². The van der Waals surface area contributed by atoms with Crippen LogP contribution in [0.1, 0.15) is 56.5 Å². The molecule has 0 aliphatic heterocycles. The average Bonchev–Trinajstić information content (AvgIpc) is 3.26. The molecule has 2 aromatic heterocycles. The van der Waals surface area contributed by atoms with Crippen LogP contribution in [0.4, 0.5) is 0 Å². The van der Waals surface area contributed by atoms with E-state index in [4.69, 9.17) is 19.9 Å². The van der Waals surface area contributed by atoms with Crippen molar-refractivity contribution < 1.29 is 0 Å². The highest BCUT2D eigenvalue weighted by molar-refractivity contribution is 5.76. The largest absolute Gasteiger partial charge is 0.228 e. The fourth-order valence-electron chi connectivity index (χ4n) is 7.48. The smallest absolute Gasteiger partial charge is 0.160 e. The first-order valence-electron chi connectivity index (χ1n) is 18.7. The van der Waals surface area contributed by atoms with Gasteiger partial charge in [-0.3, -0.25) is 0 Å². The van der Waals surface area contributed by atoms with Gasteiger partial charge in [0.15, 0.2) is 11.6 Å². The number of hydrogen-bond donors (Lipinski definition) is 0. The quantitative estimate of drug-likeness (QED) is 0.144. The van der Waals surface area contributed by atoms with Crippen LogP contribution in [0.15, 0.2) is 170 Å². The van der Waals surface area contributed by atoms with Crippen molar-refractivity contribution in [2.45, 2.75) is 44.9 Å². The number of benzene rings is 5. The molecule has 2 heterocycles. The molecule has 1 aliphatic carbocycles. The number of hydrogen-bond acceptors (Lipinski definition) is 4. The third kappa shape index (κ3) is 7.01. The van der Waals surface area contributed by atoms with Gasteiger partial charge in [-0.15, -0.1) is 0 Å². The second-order valence-corrected chi connectivity index (χ2v) is 13.6. The van der Waals surface area contributed by atoms with Gasteiger partial charge in [0, 0.05) is 38.8 Å². The summed E-state index contributed by atoms with van der Waals surface area (Å²) in [5.74, 6) is 1.50. The first-order valence-corrected chi connectivity index (χ1v) is 18.7. The molecule has 5 aromatic carbocycles. The first-order chi connectivity index (χ1) is 26.1. The van der Waals surface area contributed by atoms with Crippen molar-refractivity contribution >= 4 is 5.57 Å². The zero-order valence-electron chi connectivity index (χ0n) is 30.3. The van der Waals surface area contributed by atoms with Crippen molar-refractivity contribution in [3.63, 3.8) is 0 Å². The number of allylic oxidation sites excluding steroid dienone is 4. The van der Waals surface area contributed by atoms with Gasteiger partial charge in [0.1, 0.15) is 0 Å². The Balaban J connectivity index is 1.13. The van der Waals surface area contributed by atoms with Crippen LogP contribution >= 0.6 is 0 Å². The van der Waals surface area contributed by atoms with E-state index in [1.54, 1.807) is 0 Å². The lowest BCUT2D eigenvalue weighted by Crippen LogP contribution is -2.26. The minimum absolute atomic E-state index is 0.142. The van der Waals surface area contributed by atoms with E-state index in [1.807, 2.05) is 30.3 Å². The molecular weight excluding hydrogens is 645 g/mol. The van der Waals surface area contributed by atoms with E-state index < -0.39 is 0 Å². The van der Waals surface area contributed by atoms with Crippen LogP contribution in [0, 0.1) is 0 Å². The van der Waals surface area contributed by atoms with Crippen molar-refractivity contribution in [2.75, 3.05) is 0 Å². The summed E-state index contributed by atoms with van der Waals surface area (Å²) in [7, 11) is 0. The summed E-state index contributed by atoms with van der Waals surface area (Å²) in [6.07, 6.45) is 10.6. The van der Waals surface area contributed by atoms with Crippen LogP contribution in [-0.4, -0.2) is 19.9 Å². The van der Waals surface area contributed by atoms with Gasteiger partial charge < -0.3 is 0 Å². The maximum absolute atomic E-state index is 5.09. The van der Waals surface area contributed by atoms with Gasteiger partial charge in [0.2, 0.25) is 0 Å². The van der Waals surface area contributed by atoms with E-state index in [2.05, 4.69) is 153 Å². The highest BCUT2D eigenvalue weighted by atomic mass is 14.9. The van der Waals surface area contributed by atoms with Gasteiger partial charge in [-0.1, -0.05) is 172 Å². The summed E-state index contributed by atoms with van der Waals surface area (Å²) in [5.41, 5.74) is 12.5. The van der Waals surface area contributed by atoms with Gasteiger partial charge in [-0.2, -0.15) is 0 Å². The van der Waals surface area contributed by atoms with Crippen LogP contribution in [0.2, 0.25) is 0 Å². The van der Waals surface area contributed by atoms with Gasteiger partial charge in [-0.25, -0.2) is 19.9 Å². The summed E-state index contributed by atoms with van der Waals surface area (Å²) < 4.78 is 0. The lowest BCUT2D eigenvalue weighted by Gasteiger charge is -2.33. The molecule has 0 unspecified atom stereocenters. The highest BCUT2D eigenvalue weighted by Gasteiger charge is 2.31. The Kier molecular flexibility index (Phi) is 9.68. The predicted molar refractivity (Wildman–Crippen MR) is 219 cm³/mol. The van der Waals surface area contributed by atoms with E-state index in [-0.39, 0.29) is 5.41 Å². The summed E-state index contributed by atoms with van der Waals surface area (Å²) >= 11 is 0.